The van der Waals surface area contributed by atoms with Crippen molar-refractivity contribution >= 4 is 17.9 Å². The molecule has 3 atom stereocenters. The zero-order valence-electron chi connectivity index (χ0n) is 14.6. The number of rotatable bonds is 9. The molecule has 7 nitrogen and oxygen atoms in total. The van der Waals surface area contributed by atoms with Gasteiger partial charge in [0.25, 0.3) is 0 Å². The molecular weight excluding hydrogens is 316 g/mol. The van der Waals surface area contributed by atoms with E-state index < -0.39 is 36.2 Å². The zero-order valence-corrected chi connectivity index (χ0v) is 14.6. The van der Waals surface area contributed by atoms with Crippen LogP contribution in [0.15, 0.2) is 0 Å². The maximum atomic E-state index is 11.9. The minimum Gasteiger partial charge on any atom is -0.456 e. The van der Waals surface area contributed by atoms with Gasteiger partial charge in [-0.15, -0.1) is 0 Å². The van der Waals surface area contributed by atoms with Gasteiger partial charge >= 0.3 is 17.9 Å². The second-order valence-electron chi connectivity index (χ2n) is 5.66. The van der Waals surface area contributed by atoms with Gasteiger partial charge in [0.15, 0.2) is 18.3 Å². The van der Waals surface area contributed by atoms with Crippen LogP contribution in [0.4, 0.5) is 0 Å². The van der Waals surface area contributed by atoms with Crippen LogP contribution in [0.2, 0.25) is 0 Å². The molecule has 0 aromatic carbocycles. The molecule has 1 fully saturated rings. The lowest BCUT2D eigenvalue weighted by molar-refractivity contribution is -0.201. The van der Waals surface area contributed by atoms with Gasteiger partial charge in [0, 0.05) is 19.3 Å². The lowest BCUT2D eigenvalue weighted by atomic mass is 10.1. The summed E-state index contributed by atoms with van der Waals surface area (Å²) >= 11 is 0. The van der Waals surface area contributed by atoms with Crippen LogP contribution in [0.5, 0.6) is 0 Å². The Bertz CT molecular complexity index is 393. The average molecular weight is 343 g/mol. The van der Waals surface area contributed by atoms with Gasteiger partial charge in [-0.25, -0.2) is 0 Å². The van der Waals surface area contributed by atoms with Crippen molar-refractivity contribution in [2.45, 2.75) is 77.6 Å². The molecule has 0 spiro atoms. The number of esters is 3. The molecule has 0 saturated carbocycles. The van der Waals surface area contributed by atoms with E-state index in [-0.39, 0.29) is 25.9 Å². The maximum Gasteiger partial charge on any atom is 0.306 e. The third kappa shape index (κ3) is 6.86. The van der Waals surface area contributed by atoms with Crippen molar-refractivity contribution in [1.29, 1.82) is 0 Å². The van der Waals surface area contributed by atoms with Gasteiger partial charge in [-0.3, -0.25) is 14.4 Å². The summed E-state index contributed by atoms with van der Waals surface area (Å²) in [6.07, 6.45) is 0.0903. The molecule has 1 aliphatic rings. The van der Waals surface area contributed by atoms with E-state index >= 15 is 0 Å². The Hall–Kier alpha value is -1.63. The lowest BCUT2D eigenvalue weighted by Gasteiger charge is -2.35. The van der Waals surface area contributed by atoms with Gasteiger partial charge in [0.1, 0.15) is 6.61 Å². The van der Waals surface area contributed by atoms with Crippen LogP contribution in [0.25, 0.3) is 0 Å². The molecule has 0 aromatic rings. The summed E-state index contributed by atoms with van der Waals surface area (Å²) < 4.78 is 21.3. The van der Waals surface area contributed by atoms with Crippen molar-refractivity contribution in [1.82, 2.24) is 0 Å². The zero-order chi connectivity index (χ0) is 17.9. The van der Waals surface area contributed by atoms with Crippen LogP contribution in [-0.4, -0.2) is 42.8 Å². The molecule has 24 heavy (non-hydrogen) atoms. The first-order chi connectivity index (χ1) is 11.5. The number of carbonyl (C=O) groups is 3. The molecule has 0 aliphatic carbocycles. The van der Waals surface area contributed by atoms with Gasteiger partial charge in [0.05, 0.1) is 6.61 Å². The topological polar surface area (TPSA) is 88.1 Å². The van der Waals surface area contributed by atoms with Crippen LogP contribution < -0.4 is 0 Å². The lowest BCUT2D eigenvalue weighted by Crippen LogP contribution is -2.51. The number of hydrogen-bond donors (Lipinski definition) is 0. The Labute approximate surface area is 143 Å². The third-order valence-corrected chi connectivity index (χ3v) is 3.36. The van der Waals surface area contributed by atoms with E-state index in [1.54, 1.807) is 0 Å². The molecule has 1 radical (unpaired) electrons. The van der Waals surface area contributed by atoms with Crippen molar-refractivity contribution in [3.63, 3.8) is 0 Å². The van der Waals surface area contributed by atoms with E-state index in [0.717, 1.165) is 0 Å². The smallest absolute Gasteiger partial charge is 0.306 e. The van der Waals surface area contributed by atoms with E-state index in [0.29, 0.717) is 19.3 Å². The van der Waals surface area contributed by atoms with Crippen molar-refractivity contribution < 1.29 is 33.3 Å². The van der Waals surface area contributed by atoms with Gasteiger partial charge in [0.2, 0.25) is 0 Å². The number of hydrogen-bond acceptors (Lipinski definition) is 7. The van der Waals surface area contributed by atoms with Gasteiger partial charge in [-0.2, -0.15) is 0 Å². The fraction of sp³-hybridized carbons (Fsp3) is 0.765. The highest BCUT2D eigenvalue weighted by molar-refractivity contribution is 5.71. The van der Waals surface area contributed by atoms with Crippen molar-refractivity contribution in [2.75, 3.05) is 6.61 Å². The van der Waals surface area contributed by atoms with Crippen molar-refractivity contribution in [3.8, 4) is 0 Å². The normalized spacial score (nSPS) is 23.4. The fourth-order valence-electron chi connectivity index (χ4n) is 2.23. The first kappa shape index (κ1) is 20.4. The molecule has 1 rings (SSSR count). The Morgan fingerprint density at radius 2 is 1.38 bits per heavy atom. The summed E-state index contributed by atoms with van der Waals surface area (Å²) in [5.74, 6) is -1.24. The Morgan fingerprint density at radius 3 is 1.92 bits per heavy atom. The van der Waals surface area contributed by atoms with E-state index in [4.69, 9.17) is 18.9 Å². The third-order valence-electron chi connectivity index (χ3n) is 3.36. The van der Waals surface area contributed by atoms with E-state index in [1.807, 2.05) is 20.8 Å². The molecule has 1 heterocycles. The summed E-state index contributed by atoms with van der Waals surface area (Å²) in [5.41, 5.74) is 0. The molecule has 1 aliphatic heterocycles. The summed E-state index contributed by atoms with van der Waals surface area (Å²) in [5, 5.41) is 0. The van der Waals surface area contributed by atoms with Crippen LogP contribution >= 0.6 is 0 Å². The maximum absolute atomic E-state index is 11.9. The highest BCUT2D eigenvalue weighted by atomic mass is 16.6. The Balaban J connectivity index is 2.80. The predicted molar refractivity (Wildman–Crippen MR) is 84.6 cm³/mol. The van der Waals surface area contributed by atoms with Crippen LogP contribution in [0.3, 0.4) is 0 Å². The monoisotopic (exact) mass is 343 g/mol. The quantitative estimate of drug-likeness (QED) is 0.469. The van der Waals surface area contributed by atoms with E-state index in [9.17, 15) is 14.4 Å². The van der Waals surface area contributed by atoms with Gasteiger partial charge in [-0.1, -0.05) is 20.8 Å². The second-order valence-corrected chi connectivity index (χ2v) is 5.66. The van der Waals surface area contributed by atoms with Crippen LogP contribution in [0.1, 0.15) is 59.3 Å². The fourth-order valence-corrected chi connectivity index (χ4v) is 2.23. The molecule has 0 amide bonds. The second kappa shape index (κ2) is 11.0. The van der Waals surface area contributed by atoms with E-state index in [1.165, 1.54) is 6.61 Å². The molecule has 0 N–H and O–H groups in total. The Morgan fingerprint density at radius 1 is 0.875 bits per heavy atom. The highest BCUT2D eigenvalue weighted by Crippen LogP contribution is 2.23. The minimum absolute atomic E-state index is 0.0569. The highest BCUT2D eigenvalue weighted by Gasteiger charge is 2.42. The molecule has 0 aromatic heterocycles. The molecule has 0 bridgehead atoms. The van der Waals surface area contributed by atoms with Crippen LogP contribution in [0, 0.1) is 6.61 Å². The van der Waals surface area contributed by atoms with Crippen molar-refractivity contribution in [3.05, 3.63) is 6.61 Å². The average Bonchev–Trinajstić information content (AvgIpc) is 2.51. The van der Waals surface area contributed by atoms with Crippen LogP contribution in [-0.2, 0) is 33.3 Å². The molecule has 0 unspecified atom stereocenters. The van der Waals surface area contributed by atoms with E-state index in [2.05, 4.69) is 0 Å². The molecular formula is C17H27O7. The minimum atomic E-state index is -0.891. The predicted octanol–water partition coefficient (Wildman–Crippen LogP) is 2.31. The summed E-state index contributed by atoms with van der Waals surface area (Å²) in [7, 11) is 0. The number of carbonyl (C=O) groups excluding carboxylic acids is 3. The molecule has 7 heteroatoms. The number of ether oxygens (including phenoxy) is 4. The standard InChI is InChI=1S/C17H27O7/c1-4-7-14(18)22-12-10-21-11-13(23-15(19)8-5-2)17(12)24-16(20)9-6-3/h10,12-13,17H,4-9,11H2,1-3H3/t12-,13+,17+/m0/s1. The first-order valence-corrected chi connectivity index (χ1v) is 8.55. The first-order valence-electron chi connectivity index (χ1n) is 8.55. The summed E-state index contributed by atoms with van der Waals surface area (Å²) in [6.45, 7) is 6.95. The van der Waals surface area contributed by atoms with Gasteiger partial charge in [-0.05, 0) is 19.3 Å². The largest absolute Gasteiger partial charge is 0.456 e. The Kier molecular flexibility index (Phi) is 9.37. The van der Waals surface area contributed by atoms with Gasteiger partial charge < -0.3 is 18.9 Å². The van der Waals surface area contributed by atoms with Crippen molar-refractivity contribution in [2.24, 2.45) is 0 Å². The summed E-state index contributed by atoms with van der Waals surface area (Å²) in [4.78, 5) is 35.4. The molecule has 137 valence electrons. The summed E-state index contributed by atoms with van der Waals surface area (Å²) in [6, 6.07) is 0. The molecule has 1 saturated heterocycles. The SMILES string of the molecule is CCCC(=O)O[C@@H]1[C@@H](OC(=O)CCC)[CH]OC[C@H]1OC(=O)CCC.